The zero-order valence-corrected chi connectivity index (χ0v) is 10.9. The number of rotatable bonds is 4. The molecule has 0 aliphatic rings. The largest absolute Gasteiger partial charge is 0.350 e. The van der Waals surface area contributed by atoms with Gasteiger partial charge in [0.15, 0.2) is 0 Å². The number of carbonyl (C=O) groups is 1. The van der Waals surface area contributed by atoms with Gasteiger partial charge in [-0.15, -0.1) is 5.10 Å². The topological polar surface area (TPSA) is 59.8 Å². The van der Waals surface area contributed by atoms with Gasteiger partial charge in [-0.25, -0.2) is 9.07 Å². The molecule has 0 aliphatic heterocycles. The van der Waals surface area contributed by atoms with Crippen molar-refractivity contribution in [3.8, 4) is 0 Å². The Hall–Kier alpha value is -1.76. The van der Waals surface area contributed by atoms with Crippen LogP contribution >= 0.6 is 15.9 Å². The van der Waals surface area contributed by atoms with Crippen molar-refractivity contribution in [3.05, 3.63) is 46.4 Å². The molecule has 7 heteroatoms. The lowest BCUT2D eigenvalue weighted by atomic mass is 10.2. The lowest BCUT2D eigenvalue weighted by molar-refractivity contribution is -0.122. The number of hydrogen-bond acceptors (Lipinski definition) is 3. The monoisotopic (exact) mass is 312 g/mol. The van der Waals surface area contributed by atoms with Crippen LogP contribution in [0.15, 0.2) is 35.1 Å². The number of aromatic nitrogens is 3. The number of amides is 1. The summed E-state index contributed by atoms with van der Waals surface area (Å²) in [6.45, 7) is 0.203. The van der Waals surface area contributed by atoms with E-state index in [2.05, 4.69) is 31.6 Å². The van der Waals surface area contributed by atoms with Gasteiger partial charge < -0.3 is 5.32 Å². The van der Waals surface area contributed by atoms with E-state index in [0.717, 1.165) is 4.47 Å². The first-order chi connectivity index (χ1) is 8.65. The van der Waals surface area contributed by atoms with Crippen molar-refractivity contribution in [1.82, 2.24) is 20.3 Å². The second kappa shape index (κ2) is 5.72. The molecule has 0 saturated carbocycles. The van der Waals surface area contributed by atoms with Crippen molar-refractivity contribution in [3.63, 3.8) is 0 Å². The Balaban J connectivity index is 1.91. The number of hydrogen-bond donors (Lipinski definition) is 1. The highest BCUT2D eigenvalue weighted by Gasteiger charge is 2.06. The molecule has 1 heterocycles. The standard InChI is InChI=1S/C11H10BrFN4O/c12-9-1-2-10(13)8(5-9)6-14-11(18)7-17-4-3-15-16-17/h1-5H,6-7H2,(H,14,18). The van der Waals surface area contributed by atoms with E-state index in [1.807, 2.05) is 0 Å². The van der Waals surface area contributed by atoms with Gasteiger partial charge in [-0.05, 0) is 18.2 Å². The first-order valence-electron chi connectivity index (χ1n) is 5.20. The molecule has 1 amide bonds. The third kappa shape index (κ3) is 3.36. The van der Waals surface area contributed by atoms with Gasteiger partial charge in [-0.2, -0.15) is 0 Å². The molecule has 0 unspecified atom stereocenters. The van der Waals surface area contributed by atoms with Gasteiger partial charge in [0.25, 0.3) is 0 Å². The molecule has 0 spiro atoms. The molecule has 0 radical (unpaired) electrons. The fraction of sp³-hybridized carbons (Fsp3) is 0.182. The summed E-state index contributed by atoms with van der Waals surface area (Å²) >= 11 is 3.25. The maximum Gasteiger partial charge on any atom is 0.242 e. The fourth-order valence-corrected chi connectivity index (χ4v) is 1.80. The Morgan fingerprint density at radius 3 is 3.06 bits per heavy atom. The highest BCUT2D eigenvalue weighted by atomic mass is 79.9. The molecule has 1 aromatic heterocycles. The molecule has 5 nitrogen and oxygen atoms in total. The summed E-state index contributed by atoms with van der Waals surface area (Å²) in [5, 5.41) is 9.87. The zero-order valence-electron chi connectivity index (χ0n) is 9.31. The maximum atomic E-state index is 13.4. The van der Waals surface area contributed by atoms with Gasteiger partial charge in [-0.3, -0.25) is 4.79 Å². The third-order valence-corrected chi connectivity index (χ3v) is 2.75. The van der Waals surface area contributed by atoms with E-state index in [0.29, 0.717) is 5.56 Å². The average Bonchev–Trinajstić information content (AvgIpc) is 2.83. The second-order valence-corrected chi connectivity index (χ2v) is 4.53. The number of carbonyl (C=O) groups excluding carboxylic acids is 1. The smallest absolute Gasteiger partial charge is 0.242 e. The van der Waals surface area contributed by atoms with E-state index in [1.54, 1.807) is 18.3 Å². The molecular formula is C11H10BrFN4O. The van der Waals surface area contributed by atoms with Crippen LogP contribution in [0.5, 0.6) is 0 Å². The van der Waals surface area contributed by atoms with Gasteiger partial charge >= 0.3 is 0 Å². The van der Waals surface area contributed by atoms with Crippen LogP contribution in [-0.2, 0) is 17.9 Å². The maximum absolute atomic E-state index is 13.4. The quantitative estimate of drug-likeness (QED) is 0.930. The summed E-state index contributed by atoms with van der Waals surface area (Å²) < 4.78 is 15.6. The number of halogens is 2. The summed E-state index contributed by atoms with van der Waals surface area (Å²) in [5.74, 6) is -0.598. The first kappa shape index (κ1) is 12.7. The van der Waals surface area contributed by atoms with Crippen molar-refractivity contribution in [2.45, 2.75) is 13.1 Å². The molecule has 1 aromatic carbocycles. The first-order valence-corrected chi connectivity index (χ1v) is 5.99. The van der Waals surface area contributed by atoms with Gasteiger partial charge in [0, 0.05) is 22.8 Å². The van der Waals surface area contributed by atoms with Gasteiger partial charge in [0.1, 0.15) is 12.4 Å². The van der Waals surface area contributed by atoms with Crippen molar-refractivity contribution in [2.24, 2.45) is 0 Å². The molecule has 0 aliphatic carbocycles. The van der Waals surface area contributed by atoms with Crippen LogP contribution in [0, 0.1) is 5.82 Å². The third-order valence-electron chi connectivity index (χ3n) is 2.26. The molecule has 18 heavy (non-hydrogen) atoms. The average molecular weight is 313 g/mol. The molecule has 2 rings (SSSR count). The summed E-state index contributed by atoms with van der Waals surface area (Å²) in [6, 6.07) is 4.59. The summed E-state index contributed by atoms with van der Waals surface area (Å²) in [5.41, 5.74) is 0.427. The number of nitrogens with zero attached hydrogens (tertiary/aromatic N) is 3. The minimum atomic E-state index is -0.348. The predicted octanol–water partition coefficient (Wildman–Crippen LogP) is 1.50. The van der Waals surface area contributed by atoms with Crippen LogP contribution in [0.25, 0.3) is 0 Å². The highest BCUT2D eigenvalue weighted by molar-refractivity contribution is 9.10. The van der Waals surface area contributed by atoms with Crippen LogP contribution in [0.2, 0.25) is 0 Å². The van der Waals surface area contributed by atoms with Crippen LogP contribution < -0.4 is 5.32 Å². The Bertz CT molecular complexity index is 544. The van der Waals surface area contributed by atoms with Crippen molar-refractivity contribution in [2.75, 3.05) is 0 Å². The molecular weight excluding hydrogens is 303 g/mol. The van der Waals surface area contributed by atoms with Crippen molar-refractivity contribution in [1.29, 1.82) is 0 Å². The Morgan fingerprint density at radius 2 is 2.33 bits per heavy atom. The molecule has 0 bridgehead atoms. The lowest BCUT2D eigenvalue weighted by Crippen LogP contribution is -2.27. The van der Waals surface area contributed by atoms with Crippen molar-refractivity contribution >= 4 is 21.8 Å². The van der Waals surface area contributed by atoms with E-state index in [9.17, 15) is 9.18 Å². The lowest BCUT2D eigenvalue weighted by Gasteiger charge is -2.06. The van der Waals surface area contributed by atoms with Gasteiger partial charge in [0.05, 0.1) is 6.20 Å². The van der Waals surface area contributed by atoms with E-state index in [4.69, 9.17) is 0 Å². The molecule has 2 aromatic rings. The van der Waals surface area contributed by atoms with Crippen LogP contribution in [0.3, 0.4) is 0 Å². The van der Waals surface area contributed by atoms with Gasteiger partial charge in [0.2, 0.25) is 5.91 Å². The summed E-state index contributed by atoms with van der Waals surface area (Å²) in [6.07, 6.45) is 3.07. The highest BCUT2D eigenvalue weighted by Crippen LogP contribution is 2.15. The Labute approximate surface area is 111 Å². The Kier molecular flexibility index (Phi) is 4.03. The number of benzene rings is 1. The normalized spacial score (nSPS) is 10.3. The predicted molar refractivity (Wildman–Crippen MR) is 66.0 cm³/mol. The number of nitrogens with one attached hydrogen (secondary N) is 1. The minimum absolute atomic E-state index is 0.0651. The van der Waals surface area contributed by atoms with E-state index >= 15 is 0 Å². The van der Waals surface area contributed by atoms with E-state index in [1.165, 1.54) is 16.9 Å². The molecule has 1 N–H and O–H groups in total. The second-order valence-electron chi connectivity index (χ2n) is 3.61. The van der Waals surface area contributed by atoms with Crippen LogP contribution in [-0.4, -0.2) is 20.9 Å². The summed E-state index contributed by atoms with van der Waals surface area (Å²) in [4.78, 5) is 11.5. The zero-order chi connectivity index (χ0) is 13.0. The van der Waals surface area contributed by atoms with Crippen LogP contribution in [0.1, 0.15) is 5.56 Å². The molecule has 0 saturated heterocycles. The minimum Gasteiger partial charge on any atom is -0.350 e. The Morgan fingerprint density at radius 1 is 1.50 bits per heavy atom. The van der Waals surface area contributed by atoms with Crippen LogP contribution in [0.4, 0.5) is 4.39 Å². The van der Waals surface area contributed by atoms with E-state index < -0.39 is 0 Å². The SMILES string of the molecule is O=C(Cn1ccnn1)NCc1cc(Br)ccc1F. The van der Waals surface area contributed by atoms with Crippen molar-refractivity contribution < 1.29 is 9.18 Å². The molecule has 0 atom stereocenters. The summed E-state index contributed by atoms with van der Waals surface area (Å²) in [7, 11) is 0. The van der Waals surface area contributed by atoms with Gasteiger partial charge in [-0.1, -0.05) is 21.1 Å². The molecule has 0 fully saturated rings. The van der Waals surface area contributed by atoms with E-state index in [-0.39, 0.29) is 24.8 Å². The molecule has 94 valence electrons. The fourth-order valence-electron chi connectivity index (χ4n) is 1.39.